The molecule has 2 N–H and O–H groups in total. The van der Waals surface area contributed by atoms with E-state index < -0.39 is 17.1 Å². The highest BCUT2D eigenvalue weighted by Crippen LogP contribution is 2.34. The molecule has 0 aliphatic carbocycles. The molecule has 1 aliphatic rings. The van der Waals surface area contributed by atoms with Gasteiger partial charge in [0, 0.05) is 34.2 Å². The van der Waals surface area contributed by atoms with E-state index in [-0.39, 0.29) is 18.2 Å². The van der Waals surface area contributed by atoms with Crippen LogP contribution >= 0.6 is 23.4 Å². The lowest BCUT2D eigenvalue weighted by atomic mass is 10.3. The van der Waals surface area contributed by atoms with Crippen LogP contribution in [0.3, 0.4) is 0 Å². The Labute approximate surface area is 175 Å². The molecule has 0 bridgehead atoms. The van der Waals surface area contributed by atoms with Gasteiger partial charge in [0.05, 0.1) is 10.9 Å². The summed E-state index contributed by atoms with van der Waals surface area (Å²) in [6.45, 7) is 0. The summed E-state index contributed by atoms with van der Waals surface area (Å²) in [5.74, 6) is -2.38. The lowest BCUT2D eigenvalue weighted by molar-refractivity contribution is -0.131. The second-order valence-electron chi connectivity index (χ2n) is 6.04. The average molecular weight is 431 g/mol. The van der Waals surface area contributed by atoms with Gasteiger partial charge < -0.3 is 10.4 Å². The molecule has 1 heterocycles. The summed E-state index contributed by atoms with van der Waals surface area (Å²) in [5.41, 5.74) is 0.923. The van der Waals surface area contributed by atoms with Gasteiger partial charge in [-0.15, -0.1) is 11.8 Å². The van der Waals surface area contributed by atoms with Crippen molar-refractivity contribution in [2.75, 3.05) is 10.2 Å². The van der Waals surface area contributed by atoms with E-state index in [4.69, 9.17) is 16.7 Å². The van der Waals surface area contributed by atoms with E-state index >= 15 is 0 Å². The third-order valence-corrected chi connectivity index (χ3v) is 5.38. The van der Waals surface area contributed by atoms with Gasteiger partial charge in [-0.3, -0.25) is 14.4 Å². The number of rotatable bonds is 6. The number of hydrogen-bond acceptors (Lipinski definition) is 5. The lowest BCUT2D eigenvalue weighted by Crippen LogP contribution is -2.31. The zero-order valence-corrected chi connectivity index (χ0v) is 16.4. The molecule has 1 aliphatic heterocycles. The van der Waals surface area contributed by atoms with Gasteiger partial charge in [0.15, 0.2) is 0 Å². The van der Waals surface area contributed by atoms with Crippen LogP contribution in [0, 0.1) is 0 Å². The van der Waals surface area contributed by atoms with Crippen LogP contribution in [0.4, 0.5) is 11.4 Å². The molecule has 1 unspecified atom stereocenters. The predicted molar refractivity (Wildman–Crippen MR) is 110 cm³/mol. The summed E-state index contributed by atoms with van der Waals surface area (Å²) in [5, 5.41) is 10.9. The Kier molecular flexibility index (Phi) is 6.36. The molecule has 9 heteroatoms. The Morgan fingerprint density at radius 1 is 1.14 bits per heavy atom. The number of nitrogens with zero attached hydrogens (tertiary/aromatic N) is 1. The van der Waals surface area contributed by atoms with Crippen molar-refractivity contribution in [3.05, 3.63) is 65.7 Å². The van der Waals surface area contributed by atoms with Gasteiger partial charge >= 0.3 is 5.97 Å². The van der Waals surface area contributed by atoms with E-state index in [9.17, 15) is 19.2 Å². The first-order chi connectivity index (χ1) is 13.8. The second-order valence-corrected chi connectivity index (χ2v) is 7.76. The van der Waals surface area contributed by atoms with Crippen molar-refractivity contribution in [1.29, 1.82) is 0 Å². The van der Waals surface area contributed by atoms with Gasteiger partial charge in [-0.05, 0) is 42.5 Å². The van der Waals surface area contributed by atoms with E-state index in [1.807, 2.05) is 0 Å². The zero-order valence-electron chi connectivity index (χ0n) is 14.9. The van der Waals surface area contributed by atoms with Crippen molar-refractivity contribution in [2.45, 2.75) is 16.6 Å². The Morgan fingerprint density at radius 2 is 1.86 bits per heavy atom. The minimum absolute atomic E-state index is 0.0779. The minimum atomic E-state index is -1.21. The van der Waals surface area contributed by atoms with Crippen LogP contribution in [-0.2, 0) is 19.2 Å². The van der Waals surface area contributed by atoms with Crippen molar-refractivity contribution in [1.82, 2.24) is 0 Å². The summed E-state index contributed by atoms with van der Waals surface area (Å²) < 4.78 is 0. The predicted octanol–water partition coefficient (Wildman–Crippen LogP) is 3.34. The van der Waals surface area contributed by atoms with Crippen LogP contribution in [0.2, 0.25) is 5.02 Å². The fourth-order valence-corrected chi connectivity index (χ4v) is 3.93. The zero-order chi connectivity index (χ0) is 21.0. The SMILES string of the molecule is O=C(O)C=CC(=O)Nc1ccc(SC2CC(=O)N(c3cccc(Cl)c3)C2=O)cc1. The standard InChI is InChI=1S/C20H15ClN2O5S/c21-12-2-1-3-14(10-12)23-18(25)11-16(20(23)28)29-15-6-4-13(5-7-15)22-17(24)8-9-19(26)27/h1-10,16H,11H2,(H,22,24)(H,26,27). The number of nitrogens with one attached hydrogen (secondary N) is 1. The molecule has 148 valence electrons. The highest BCUT2D eigenvalue weighted by Gasteiger charge is 2.40. The molecule has 0 spiro atoms. The van der Waals surface area contributed by atoms with Gasteiger partial charge in [0.1, 0.15) is 0 Å². The lowest BCUT2D eigenvalue weighted by Gasteiger charge is -2.15. The molecule has 1 atom stereocenters. The highest BCUT2D eigenvalue weighted by molar-refractivity contribution is 8.00. The maximum absolute atomic E-state index is 12.7. The number of carboxylic acid groups (broad SMARTS) is 1. The number of imide groups is 1. The normalized spacial score (nSPS) is 16.4. The van der Waals surface area contributed by atoms with Crippen LogP contribution in [0.1, 0.15) is 6.42 Å². The van der Waals surface area contributed by atoms with Gasteiger partial charge in [0.25, 0.3) is 0 Å². The Morgan fingerprint density at radius 3 is 2.52 bits per heavy atom. The van der Waals surface area contributed by atoms with E-state index in [2.05, 4.69) is 5.32 Å². The van der Waals surface area contributed by atoms with E-state index in [0.717, 1.165) is 21.9 Å². The van der Waals surface area contributed by atoms with E-state index in [1.165, 1.54) is 11.8 Å². The number of thioether (sulfide) groups is 1. The molecular formula is C20H15ClN2O5S. The maximum atomic E-state index is 12.7. The first-order valence-electron chi connectivity index (χ1n) is 8.44. The van der Waals surface area contributed by atoms with Crippen molar-refractivity contribution >= 4 is 58.4 Å². The second kappa shape index (κ2) is 8.93. The van der Waals surface area contributed by atoms with Crippen molar-refractivity contribution in [3.63, 3.8) is 0 Å². The van der Waals surface area contributed by atoms with Crippen LogP contribution in [-0.4, -0.2) is 34.0 Å². The number of amides is 3. The van der Waals surface area contributed by atoms with E-state index in [0.29, 0.717) is 16.4 Å². The first-order valence-corrected chi connectivity index (χ1v) is 9.70. The largest absolute Gasteiger partial charge is 0.478 e. The molecule has 2 aromatic rings. The molecule has 3 amide bonds. The summed E-state index contributed by atoms with van der Waals surface area (Å²) >= 11 is 7.21. The van der Waals surface area contributed by atoms with Gasteiger partial charge in [-0.25, -0.2) is 9.69 Å². The number of aliphatic carboxylic acids is 1. The molecule has 2 aromatic carbocycles. The van der Waals surface area contributed by atoms with E-state index in [1.54, 1.807) is 48.5 Å². The summed E-state index contributed by atoms with van der Waals surface area (Å²) in [6.07, 6.45) is 1.74. The fraction of sp³-hybridized carbons (Fsp3) is 0.100. The number of carbonyl (C=O) groups excluding carboxylic acids is 3. The maximum Gasteiger partial charge on any atom is 0.328 e. The highest BCUT2D eigenvalue weighted by atomic mass is 35.5. The molecule has 7 nitrogen and oxygen atoms in total. The Hall–Kier alpha value is -3.10. The quantitative estimate of drug-likeness (QED) is 0.538. The molecule has 3 rings (SSSR count). The van der Waals surface area contributed by atoms with Crippen LogP contribution in [0.5, 0.6) is 0 Å². The average Bonchev–Trinajstić information content (AvgIpc) is 2.95. The minimum Gasteiger partial charge on any atom is -0.478 e. The molecule has 1 saturated heterocycles. The number of halogens is 1. The number of hydrogen-bond donors (Lipinski definition) is 2. The Balaban J connectivity index is 1.64. The van der Waals surface area contributed by atoms with Crippen LogP contribution in [0.15, 0.2) is 65.6 Å². The third-order valence-electron chi connectivity index (χ3n) is 3.95. The first kappa shape index (κ1) is 20.6. The van der Waals surface area contributed by atoms with Gasteiger partial charge in [-0.2, -0.15) is 0 Å². The monoisotopic (exact) mass is 430 g/mol. The molecule has 0 aromatic heterocycles. The number of carbonyl (C=O) groups is 4. The molecule has 1 fully saturated rings. The molecule has 0 saturated carbocycles. The Bertz CT molecular complexity index is 1010. The smallest absolute Gasteiger partial charge is 0.328 e. The summed E-state index contributed by atoms with van der Waals surface area (Å²) in [6, 6.07) is 13.3. The fourth-order valence-electron chi connectivity index (χ4n) is 2.69. The molecular weight excluding hydrogens is 416 g/mol. The van der Waals surface area contributed by atoms with Crippen molar-refractivity contribution < 1.29 is 24.3 Å². The van der Waals surface area contributed by atoms with Crippen molar-refractivity contribution in [2.24, 2.45) is 0 Å². The van der Waals surface area contributed by atoms with Crippen LogP contribution < -0.4 is 10.2 Å². The summed E-state index contributed by atoms with van der Waals surface area (Å²) in [4.78, 5) is 48.9. The topological polar surface area (TPSA) is 104 Å². The molecule has 0 radical (unpaired) electrons. The van der Waals surface area contributed by atoms with Crippen molar-refractivity contribution in [3.8, 4) is 0 Å². The number of benzene rings is 2. The van der Waals surface area contributed by atoms with Gasteiger partial charge in [0.2, 0.25) is 17.7 Å². The molecule has 29 heavy (non-hydrogen) atoms. The van der Waals surface area contributed by atoms with Crippen LogP contribution in [0.25, 0.3) is 0 Å². The summed E-state index contributed by atoms with van der Waals surface area (Å²) in [7, 11) is 0. The third kappa shape index (κ3) is 5.24. The van der Waals surface area contributed by atoms with Gasteiger partial charge in [-0.1, -0.05) is 17.7 Å². The number of carboxylic acids is 1. The number of anilines is 2.